The Morgan fingerprint density at radius 2 is 2.25 bits per heavy atom. The highest BCUT2D eigenvalue weighted by atomic mass is 16.3. The van der Waals surface area contributed by atoms with Crippen molar-refractivity contribution in [3.63, 3.8) is 0 Å². The van der Waals surface area contributed by atoms with Crippen molar-refractivity contribution in [2.75, 3.05) is 6.54 Å². The molecule has 1 heterocycles. The molecule has 2 rings (SSSR count). The van der Waals surface area contributed by atoms with Gasteiger partial charge in [-0.2, -0.15) is 0 Å². The van der Waals surface area contributed by atoms with Gasteiger partial charge in [0.1, 0.15) is 5.76 Å². The lowest BCUT2D eigenvalue weighted by Gasteiger charge is -2.33. The molecule has 16 heavy (non-hydrogen) atoms. The van der Waals surface area contributed by atoms with Gasteiger partial charge >= 0.3 is 0 Å². The molecule has 3 atom stereocenters. The largest absolute Gasteiger partial charge is 0.469 e. The van der Waals surface area contributed by atoms with Crippen molar-refractivity contribution in [3.05, 3.63) is 24.2 Å². The number of rotatable bonds is 4. The lowest BCUT2D eigenvalue weighted by atomic mass is 9.80. The molecule has 1 fully saturated rings. The van der Waals surface area contributed by atoms with Crippen molar-refractivity contribution in [1.29, 1.82) is 0 Å². The fourth-order valence-corrected chi connectivity index (χ4v) is 2.65. The van der Waals surface area contributed by atoms with Crippen LogP contribution in [0.25, 0.3) is 0 Å². The van der Waals surface area contributed by atoms with E-state index in [9.17, 15) is 0 Å². The van der Waals surface area contributed by atoms with Crippen molar-refractivity contribution in [2.45, 2.75) is 45.6 Å². The number of hydrogen-bond donors (Lipinski definition) is 1. The molecule has 3 unspecified atom stereocenters. The van der Waals surface area contributed by atoms with Crippen LogP contribution in [0.2, 0.25) is 0 Å². The first-order chi connectivity index (χ1) is 7.75. The maximum absolute atomic E-state index is 5.33. The lowest BCUT2D eigenvalue weighted by molar-refractivity contribution is 0.229. The average molecular weight is 221 g/mol. The summed E-state index contributed by atoms with van der Waals surface area (Å²) < 4.78 is 5.33. The molecular formula is C14H23NO. The zero-order valence-electron chi connectivity index (χ0n) is 10.4. The zero-order valence-corrected chi connectivity index (χ0v) is 10.4. The van der Waals surface area contributed by atoms with Crippen LogP contribution in [0, 0.1) is 11.8 Å². The molecule has 0 saturated heterocycles. The van der Waals surface area contributed by atoms with Crippen LogP contribution in [0.4, 0.5) is 0 Å². The van der Waals surface area contributed by atoms with E-state index in [-0.39, 0.29) is 0 Å². The van der Waals surface area contributed by atoms with Crippen LogP contribution in [0.1, 0.15) is 38.9 Å². The first-order valence-corrected chi connectivity index (χ1v) is 6.51. The Bertz CT molecular complexity index is 294. The Labute approximate surface area is 98.4 Å². The third-order valence-corrected chi connectivity index (χ3v) is 3.82. The van der Waals surface area contributed by atoms with E-state index in [1.165, 1.54) is 19.3 Å². The van der Waals surface area contributed by atoms with Crippen molar-refractivity contribution in [1.82, 2.24) is 5.32 Å². The fraction of sp³-hybridized carbons (Fsp3) is 0.714. The Morgan fingerprint density at radius 3 is 3.00 bits per heavy atom. The molecule has 1 aromatic rings. The minimum atomic E-state index is 0.707. The zero-order chi connectivity index (χ0) is 11.4. The maximum Gasteiger partial charge on any atom is 0.105 e. The molecular weight excluding hydrogens is 198 g/mol. The molecule has 0 bridgehead atoms. The second-order valence-electron chi connectivity index (χ2n) is 5.29. The minimum Gasteiger partial charge on any atom is -0.469 e. The molecule has 1 aliphatic rings. The summed E-state index contributed by atoms with van der Waals surface area (Å²) in [5.74, 6) is 2.80. The monoisotopic (exact) mass is 221 g/mol. The van der Waals surface area contributed by atoms with Crippen molar-refractivity contribution in [2.24, 2.45) is 11.8 Å². The van der Waals surface area contributed by atoms with Gasteiger partial charge in [0.25, 0.3) is 0 Å². The molecule has 0 spiro atoms. The Balaban J connectivity index is 1.72. The van der Waals surface area contributed by atoms with E-state index in [0.29, 0.717) is 6.04 Å². The second-order valence-corrected chi connectivity index (χ2v) is 5.29. The third-order valence-electron chi connectivity index (χ3n) is 3.82. The van der Waals surface area contributed by atoms with Crippen LogP contribution in [-0.4, -0.2) is 12.6 Å². The van der Waals surface area contributed by atoms with Gasteiger partial charge in [-0.15, -0.1) is 0 Å². The first-order valence-electron chi connectivity index (χ1n) is 6.51. The average Bonchev–Trinajstić information content (AvgIpc) is 2.76. The molecule has 90 valence electrons. The van der Waals surface area contributed by atoms with Crippen molar-refractivity contribution in [3.8, 4) is 0 Å². The Hall–Kier alpha value is -0.760. The van der Waals surface area contributed by atoms with E-state index in [0.717, 1.165) is 30.6 Å². The van der Waals surface area contributed by atoms with Gasteiger partial charge < -0.3 is 9.73 Å². The number of hydrogen-bond acceptors (Lipinski definition) is 2. The minimum absolute atomic E-state index is 0.707. The van der Waals surface area contributed by atoms with Crippen LogP contribution in [0.3, 0.4) is 0 Å². The summed E-state index contributed by atoms with van der Waals surface area (Å²) in [4.78, 5) is 0. The molecule has 2 nitrogen and oxygen atoms in total. The lowest BCUT2D eigenvalue weighted by Crippen LogP contribution is -2.40. The quantitative estimate of drug-likeness (QED) is 0.844. The molecule has 1 saturated carbocycles. The smallest absolute Gasteiger partial charge is 0.105 e. The van der Waals surface area contributed by atoms with Crippen LogP contribution >= 0.6 is 0 Å². The Kier molecular flexibility index (Phi) is 4.05. The van der Waals surface area contributed by atoms with Gasteiger partial charge in [0.2, 0.25) is 0 Å². The third kappa shape index (κ3) is 3.11. The van der Waals surface area contributed by atoms with Gasteiger partial charge in [0.15, 0.2) is 0 Å². The van der Waals surface area contributed by atoms with Crippen molar-refractivity contribution >= 4 is 0 Å². The molecule has 0 aromatic carbocycles. The molecule has 1 aromatic heterocycles. The molecule has 0 radical (unpaired) electrons. The van der Waals surface area contributed by atoms with Crippen LogP contribution in [0.5, 0.6) is 0 Å². The summed E-state index contributed by atoms with van der Waals surface area (Å²) in [6, 6.07) is 4.72. The van der Waals surface area contributed by atoms with Gasteiger partial charge in [-0.3, -0.25) is 0 Å². The summed E-state index contributed by atoms with van der Waals surface area (Å²) in [6.07, 6.45) is 6.86. The van der Waals surface area contributed by atoms with E-state index in [4.69, 9.17) is 4.42 Å². The van der Waals surface area contributed by atoms with Gasteiger partial charge in [-0.25, -0.2) is 0 Å². The summed E-state index contributed by atoms with van der Waals surface area (Å²) >= 11 is 0. The second kappa shape index (κ2) is 5.53. The van der Waals surface area contributed by atoms with Gasteiger partial charge in [0.05, 0.1) is 6.26 Å². The first kappa shape index (κ1) is 11.7. The number of furan rings is 1. The highest BCUT2D eigenvalue weighted by molar-refractivity contribution is 4.98. The Morgan fingerprint density at radius 1 is 1.38 bits per heavy atom. The molecule has 0 amide bonds. The van der Waals surface area contributed by atoms with Gasteiger partial charge in [-0.05, 0) is 36.8 Å². The number of nitrogens with one attached hydrogen (secondary N) is 1. The predicted octanol–water partition coefficient (Wildman–Crippen LogP) is 3.24. The van der Waals surface area contributed by atoms with Gasteiger partial charge in [-0.1, -0.05) is 20.3 Å². The summed E-state index contributed by atoms with van der Waals surface area (Å²) in [5.41, 5.74) is 0. The standard InChI is InChI=1S/C14H23NO/c1-11-5-6-12(2)14(10-11)15-8-7-13-4-3-9-16-13/h3-4,9,11-12,14-15H,5-8,10H2,1-2H3. The summed E-state index contributed by atoms with van der Waals surface area (Å²) in [5, 5.41) is 3.68. The SMILES string of the molecule is CC1CCC(C)C(NCCc2ccco2)C1. The van der Waals surface area contributed by atoms with E-state index in [2.05, 4.69) is 25.2 Å². The van der Waals surface area contributed by atoms with Crippen molar-refractivity contribution < 1.29 is 4.42 Å². The molecule has 2 heteroatoms. The molecule has 1 aliphatic carbocycles. The van der Waals surface area contributed by atoms with E-state index >= 15 is 0 Å². The fourth-order valence-electron chi connectivity index (χ4n) is 2.65. The van der Waals surface area contributed by atoms with Crippen LogP contribution in [-0.2, 0) is 6.42 Å². The van der Waals surface area contributed by atoms with Crippen LogP contribution in [0.15, 0.2) is 22.8 Å². The van der Waals surface area contributed by atoms with E-state index in [1.54, 1.807) is 6.26 Å². The van der Waals surface area contributed by atoms with E-state index in [1.807, 2.05) is 6.07 Å². The van der Waals surface area contributed by atoms with Crippen LogP contribution < -0.4 is 5.32 Å². The highest BCUT2D eigenvalue weighted by Gasteiger charge is 2.24. The topological polar surface area (TPSA) is 25.2 Å². The predicted molar refractivity (Wildman–Crippen MR) is 66.4 cm³/mol. The normalized spacial score (nSPS) is 30.5. The van der Waals surface area contributed by atoms with E-state index < -0.39 is 0 Å². The maximum atomic E-state index is 5.33. The molecule has 1 N–H and O–H groups in total. The van der Waals surface area contributed by atoms with Gasteiger partial charge in [0, 0.05) is 19.0 Å². The summed E-state index contributed by atoms with van der Waals surface area (Å²) in [7, 11) is 0. The summed E-state index contributed by atoms with van der Waals surface area (Å²) in [6.45, 7) is 5.78. The molecule has 0 aliphatic heterocycles. The highest BCUT2D eigenvalue weighted by Crippen LogP contribution is 2.28.